The molecule has 1 heterocycles. The van der Waals surface area contributed by atoms with Gasteiger partial charge in [-0.1, -0.05) is 25.1 Å². The lowest BCUT2D eigenvalue weighted by Gasteiger charge is -2.47. The van der Waals surface area contributed by atoms with Gasteiger partial charge in [-0.15, -0.1) is 0 Å². The third kappa shape index (κ3) is 1.83. The molecule has 0 aliphatic carbocycles. The molecule has 0 bridgehead atoms. The first-order valence-corrected chi connectivity index (χ1v) is 5.69. The number of aryl methyl sites for hydroxylation is 1. The maximum Gasteiger partial charge on any atom is 0.254 e. The van der Waals surface area contributed by atoms with Crippen molar-refractivity contribution in [2.75, 3.05) is 13.1 Å². The molecule has 86 valence electrons. The van der Waals surface area contributed by atoms with Crippen LogP contribution in [0.25, 0.3) is 0 Å². The summed E-state index contributed by atoms with van der Waals surface area (Å²) in [6, 6.07) is 7.68. The van der Waals surface area contributed by atoms with Crippen LogP contribution in [0.3, 0.4) is 0 Å². The van der Waals surface area contributed by atoms with Crippen molar-refractivity contribution in [3.63, 3.8) is 0 Å². The van der Waals surface area contributed by atoms with Gasteiger partial charge in [0.1, 0.15) is 0 Å². The van der Waals surface area contributed by atoms with E-state index in [4.69, 9.17) is 5.73 Å². The number of amides is 1. The Balaban J connectivity index is 2.09. The van der Waals surface area contributed by atoms with Crippen molar-refractivity contribution < 1.29 is 4.79 Å². The van der Waals surface area contributed by atoms with E-state index < -0.39 is 0 Å². The van der Waals surface area contributed by atoms with Crippen LogP contribution in [0.2, 0.25) is 0 Å². The van der Waals surface area contributed by atoms with Crippen molar-refractivity contribution in [3.8, 4) is 0 Å². The minimum atomic E-state index is -0.154. The zero-order chi connectivity index (χ0) is 11.8. The minimum Gasteiger partial charge on any atom is -0.335 e. The van der Waals surface area contributed by atoms with E-state index in [1.165, 1.54) is 0 Å². The molecule has 1 aliphatic heterocycles. The van der Waals surface area contributed by atoms with Gasteiger partial charge in [0.15, 0.2) is 0 Å². The Morgan fingerprint density at radius 1 is 1.44 bits per heavy atom. The van der Waals surface area contributed by atoms with Crippen LogP contribution >= 0.6 is 0 Å². The third-order valence-electron chi connectivity index (χ3n) is 3.38. The summed E-state index contributed by atoms with van der Waals surface area (Å²) in [5, 5.41) is 0. The maximum absolute atomic E-state index is 12.1. The minimum absolute atomic E-state index is 0.104. The predicted molar refractivity (Wildman–Crippen MR) is 64.3 cm³/mol. The molecular formula is C13H18N2O. The molecule has 1 aromatic carbocycles. The van der Waals surface area contributed by atoms with Gasteiger partial charge in [0.2, 0.25) is 0 Å². The van der Waals surface area contributed by atoms with Gasteiger partial charge in [0.25, 0.3) is 5.91 Å². The van der Waals surface area contributed by atoms with E-state index in [-0.39, 0.29) is 11.4 Å². The molecule has 2 N–H and O–H groups in total. The summed E-state index contributed by atoms with van der Waals surface area (Å²) in [7, 11) is 0. The number of carbonyl (C=O) groups excluding carboxylic acids is 1. The average molecular weight is 218 g/mol. The van der Waals surface area contributed by atoms with Crippen molar-refractivity contribution in [3.05, 3.63) is 35.4 Å². The zero-order valence-corrected chi connectivity index (χ0v) is 9.86. The first-order chi connectivity index (χ1) is 7.56. The molecule has 3 heteroatoms. The van der Waals surface area contributed by atoms with Crippen molar-refractivity contribution in [1.29, 1.82) is 0 Å². The van der Waals surface area contributed by atoms with Crippen LogP contribution in [0.1, 0.15) is 29.3 Å². The summed E-state index contributed by atoms with van der Waals surface area (Å²) in [4.78, 5) is 13.9. The average Bonchev–Trinajstić information content (AvgIpc) is 2.24. The van der Waals surface area contributed by atoms with Gasteiger partial charge < -0.3 is 10.6 Å². The van der Waals surface area contributed by atoms with Gasteiger partial charge in [0.05, 0.1) is 5.54 Å². The number of nitrogens with zero attached hydrogens (tertiary/aromatic N) is 1. The molecule has 0 atom stereocenters. The number of carbonyl (C=O) groups is 1. The lowest BCUT2D eigenvalue weighted by atomic mass is 9.87. The second-order valence-electron chi connectivity index (χ2n) is 4.69. The molecule has 0 radical (unpaired) electrons. The summed E-state index contributed by atoms with van der Waals surface area (Å²) < 4.78 is 0. The van der Waals surface area contributed by atoms with Gasteiger partial charge in [-0.3, -0.25) is 4.79 Å². The van der Waals surface area contributed by atoms with E-state index in [1.807, 2.05) is 36.1 Å². The fraction of sp³-hybridized carbons (Fsp3) is 0.462. The number of hydrogen-bond acceptors (Lipinski definition) is 2. The van der Waals surface area contributed by atoms with E-state index in [9.17, 15) is 4.79 Å². The Morgan fingerprint density at radius 3 is 2.62 bits per heavy atom. The van der Waals surface area contributed by atoms with Gasteiger partial charge >= 0.3 is 0 Å². The second kappa shape index (κ2) is 3.91. The van der Waals surface area contributed by atoms with Gasteiger partial charge in [-0.25, -0.2) is 0 Å². The van der Waals surface area contributed by atoms with Crippen molar-refractivity contribution in [2.45, 2.75) is 25.8 Å². The quantitative estimate of drug-likeness (QED) is 0.818. The highest BCUT2D eigenvalue weighted by atomic mass is 16.2. The molecule has 1 amide bonds. The number of hydrogen-bond donors (Lipinski definition) is 1. The number of likely N-dealkylation sites (tertiary alicyclic amines) is 1. The lowest BCUT2D eigenvalue weighted by Crippen LogP contribution is -2.68. The van der Waals surface area contributed by atoms with E-state index in [1.54, 1.807) is 0 Å². The Kier molecular flexibility index (Phi) is 2.72. The van der Waals surface area contributed by atoms with Crippen LogP contribution in [-0.4, -0.2) is 29.4 Å². The van der Waals surface area contributed by atoms with Crippen molar-refractivity contribution in [2.24, 2.45) is 5.73 Å². The van der Waals surface area contributed by atoms with Crippen LogP contribution in [0, 0.1) is 6.92 Å². The molecule has 1 fully saturated rings. The summed E-state index contributed by atoms with van der Waals surface area (Å²) in [5.74, 6) is 0.104. The fourth-order valence-corrected chi connectivity index (χ4v) is 2.06. The largest absolute Gasteiger partial charge is 0.335 e. The standard InChI is InChI=1S/C13H18N2O/c1-3-13(14)8-15(9-13)12(16)11-7-5-4-6-10(11)2/h4-7H,3,8-9,14H2,1-2H3. The van der Waals surface area contributed by atoms with Gasteiger partial charge in [0, 0.05) is 18.7 Å². The molecule has 3 nitrogen and oxygen atoms in total. The summed E-state index contributed by atoms with van der Waals surface area (Å²) in [5.41, 5.74) is 7.72. The fourth-order valence-electron chi connectivity index (χ4n) is 2.06. The summed E-state index contributed by atoms with van der Waals surface area (Å²) in [6.45, 7) is 5.38. The molecule has 16 heavy (non-hydrogen) atoms. The smallest absolute Gasteiger partial charge is 0.254 e. The first-order valence-electron chi connectivity index (χ1n) is 5.69. The number of benzene rings is 1. The van der Waals surface area contributed by atoms with Crippen LogP contribution < -0.4 is 5.73 Å². The molecule has 2 rings (SSSR count). The van der Waals surface area contributed by atoms with Crippen LogP contribution in [0.15, 0.2) is 24.3 Å². The molecule has 0 saturated carbocycles. The van der Waals surface area contributed by atoms with Gasteiger partial charge in [-0.05, 0) is 25.0 Å². The molecule has 1 aliphatic rings. The SMILES string of the molecule is CCC1(N)CN(C(=O)c2ccccc2C)C1. The predicted octanol–water partition coefficient (Wildman–Crippen LogP) is 1.56. The molecule has 1 aromatic rings. The Bertz CT molecular complexity index is 408. The summed E-state index contributed by atoms with van der Waals surface area (Å²) >= 11 is 0. The highest BCUT2D eigenvalue weighted by molar-refractivity contribution is 5.96. The summed E-state index contributed by atoms with van der Waals surface area (Å²) in [6.07, 6.45) is 0.921. The molecule has 1 saturated heterocycles. The van der Waals surface area contributed by atoms with E-state index in [0.29, 0.717) is 13.1 Å². The van der Waals surface area contributed by atoms with Crippen molar-refractivity contribution in [1.82, 2.24) is 4.90 Å². The number of nitrogens with two attached hydrogens (primary N) is 1. The Labute approximate surface area is 96.2 Å². The maximum atomic E-state index is 12.1. The highest BCUT2D eigenvalue weighted by Crippen LogP contribution is 2.24. The topological polar surface area (TPSA) is 46.3 Å². The van der Waals surface area contributed by atoms with Crippen molar-refractivity contribution >= 4 is 5.91 Å². The van der Waals surface area contributed by atoms with Crippen LogP contribution in [-0.2, 0) is 0 Å². The Morgan fingerprint density at radius 2 is 2.06 bits per heavy atom. The second-order valence-corrected chi connectivity index (χ2v) is 4.69. The first kappa shape index (κ1) is 11.1. The monoisotopic (exact) mass is 218 g/mol. The van der Waals surface area contributed by atoms with E-state index in [2.05, 4.69) is 6.92 Å². The third-order valence-corrected chi connectivity index (χ3v) is 3.38. The Hall–Kier alpha value is -1.35. The normalized spacial score (nSPS) is 18.1. The highest BCUT2D eigenvalue weighted by Gasteiger charge is 2.40. The van der Waals surface area contributed by atoms with Gasteiger partial charge in [-0.2, -0.15) is 0 Å². The molecule has 0 unspecified atom stereocenters. The van der Waals surface area contributed by atoms with E-state index >= 15 is 0 Å². The molecule has 0 aromatic heterocycles. The van der Waals surface area contributed by atoms with Crippen LogP contribution in [0.5, 0.6) is 0 Å². The number of rotatable bonds is 2. The molecule has 0 spiro atoms. The zero-order valence-electron chi connectivity index (χ0n) is 9.86. The lowest BCUT2D eigenvalue weighted by molar-refractivity contribution is 0.0400. The van der Waals surface area contributed by atoms with E-state index in [0.717, 1.165) is 17.5 Å². The van der Waals surface area contributed by atoms with Crippen LogP contribution in [0.4, 0.5) is 0 Å². The molecular weight excluding hydrogens is 200 g/mol.